The lowest BCUT2D eigenvalue weighted by atomic mass is 10.0. The van der Waals surface area contributed by atoms with E-state index in [9.17, 15) is 14.4 Å². The number of hydrogen-bond acceptors (Lipinski definition) is 5. The maximum Gasteiger partial charge on any atom is 0.282 e. The van der Waals surface area contributed by atoms with Crippen LogP contribution < -0.4 is 25.2 Å². The Hall–Kier alpha value is -4.85. The van der Waals surface area contributed by atoms with Crippen LogP contribution >= 0.6 is 0 Å². The standard InChI is InChI=1S/C29H27N3O5/c1-4-10-21-15-20(16-23-28(34)31-32(29(23)35)22-12-6-5-7-13-22)17-25(36-3)27(21)37-18-26(33)30-24-14-9-8-11-19(24)2/h4-9,11-17H,1,10,18H2,2-3H3,(H,30,33)(H,31,34)/b23-16-. The molecule has 1 heterocycles. The highest BCUT2D eigenvalue weighted by Gasteiger charge is 2.34. The molecule has 0 unspecified atom stereocenters. The average molecular weight is 498 g/mol. The number of amides is 3. The van der Waals surface area contributed by atoms with Gasteiger partial charge in [-0.15, -0.1) is 6.58 Å². The van der Waals surface area contributed by atoms with Crippen LogP contribution in [-0.4, -0.2) is 31.4 Å². The molecule has 37 heavy (non-hydrogen) atoms. The van der Waals surface area contributed by atoms with E-state index in [-0.39, 0.29) is 18.1 Å². The summed E-state index contributed by atoms with van der Waals surface area (Å²) >= 11 is 0. The molecule has 188 valence electrons. The van der Waals surface area contributed by atoms with Crippen LogP contribution in [0.1, 0.15) is 16.7 Å². The molecule has 3 aromatic carbocycles. The normalized spacial score (nSPS) is 13.9. The molecule has 4 rings (SSSR count). The number of allylic oxidation sites excluding steroid dienone is 1. The zero-order valence-corrected chi connectivity index (χ0v) is 20.6. The van der Waals surface area contributed by atoms with Crippen molar-refractivity contribution in [1.82, 2.24) is 5.43 Å². The SMILES string of the molecule is C=CCc1cc(/C=C2/C(=O)NN(c3ccccc3)C2=O)cc(OC)c1OCC(=O)Nc1ccccc1C. The third-order valence-corrected chi connectivity index (χ3v) is 5.72. The number of hydrogen-bond donors (Lipinski definition) is 2. The molecule has 0 bridgehead atoms. The van der Waals surface area contributed by atoms with E-state index in [0.717, 1.165) is 5.56 Å². The Morgan fingerprint density at radius 2 is 1.81 bits per heavy atom. The molecule has 0 atom stereocenters. The predicted octanol–water partition coefficient (Wildman–Crippen LogP) is 4.21. The Labute approximate surface area is 215 Å². The van der Waals surface area contributed by atoms with Gasteiger partial charge in [0, 0.05) is 11.3 Å². The number of benzene rings is 3. The first-order chi connectivity index (χ1) is 17.9. The number of rotatable bonds is 9. The third-order valence-electron chi connectivity index (χ3n) is 5.72. The number of hydrazine groups is 1. The average Bonchev–Trinajstić information content (AvgIpc) is 3.18. The van der Waals surface area contributed by atoms with Crippen LogP contribution in [0.5, 0.6) is 11.5 Å². The number of para-hydroxylation sites is 2. The van der Waals surface area contributed by atoms with Crippen LogP contribution in [0.4, 0.5) is 11.4 Å². The number of methoxy groups -OCH3 is 1. The van der Waals surface area contributed by atoms with Gasteiger partial charge in [-0.2, -0.15) is 0 Å². The molecule has 0 aromatic heterocycles. The number of aryl methyl sites for hydroxylation is 1. The summed E-state index contributed by atoms with van der Waals surface area (Å²) < 4.78 is 11.4. The highest BCUT2D eigenvalue weighted by Crippen LogP contribution is 2.35. The van der Waals surface area contributed by atoms with Crippen LogP contribution in [0.15, 0.2) is 85.0 Å². The third kappa shape index (κ3) is 5.70. The first-order valence-corrected chi connectivity index (χ1v) is 11.6. The number of nitrogens with one attached hydrogen (secondary N) is 2. The first kappa shape index (κ1) is 25.2. The van der Waals surface area contributed by atoms with Gasteiger partial charge in [0.2, 0.25) is 0 Å². The van der Waals surface area contributed by atoms with E-state index in [4.69, 9.17) is 9.47 Å². The van der Waals surface area contributed by atoms with E-state index >= 15 is 0 Å². The second kappa shape index (κ2) is 11.3. The molecule has 2 N–H and O–H groups in total. The molecule has 1 aliphatic heterocycles. The number of nitrogens with zero attached hydrogens (tertiary/aromatic N) is 1. The molecule has 0 saturated carbocycles. The van der Waals surface area contributed by atoms with Crippen LogP contribution in [0.3, 0.4) is 0 Å². The summed E-state index contributed by atoms with van der Waals surface area (Å²) in [6.07, 6.45) is 3.61. The number of carbonyl (C=O) groups is 3. The van der Waals surface area contributed by atoms with E-state index < -0.39 is 11.8 Å². The molecule has 1 fully saturated rings. The molecule has 1 aliphatic rings. The minimum Gasteiger partial charge on any atom is -0.493 e. The molecule has 3 aromatic rings. The Morgan fingerprint density at radius 3 is 2.51 bits per heavy atom. The van der Waals surface area contributed by atoms with Crippen molar-refractivity contribution < 1.29 is 23.9 Å². The molecule has 0 aliphatic carbocycles. The van der Waals surface area contributed by atoms with Crippen LogP contribution in [0, 0.1) is 6.92 Å². The summed E-state index contributed by atoms with van der Waals surface area (Å²) in [5, 5.41) is 4.04. The van der Waals surface area contributed by atoms with Crippen molar-refractivity contribution in [2.75, 3.05) is 24.0 Å². The smallest absolute Gasteiger partial charge is 0.282 e. The topological polar surface area (TPSA) is 97.0 Å². The lowest BCUT2D eigenvalue weighted by molar-refractivity contribution is -0.118. The quantitative estimate of drug-likeness (QED) is 0.262. The maximum atomic E-state index is 13.0. The summed E-state index contributed by atoms with van der Waals surface area (Å²) in [6.45, 7) is 5.47. The fraction of sp³-hybridized carbons (Fsp3) is 0.138. The van der Waals surface area contributed by atoms with Crippen molar-refractivity contribution in [2.45, 2.75) is 13.3 Å². The summed E-state index contributed by atoms with van der Waals surface area (Å²) in [4.78, 5) is 38.1. The summed E-state index contributed by atoms with van der Waals surface area (Å²) in [6, 6.07) is 19.7. The minimum absolute atomic E-state index is 0.0123. The zero-order chi connectivity index (χ0) is 26.4. The lowest BCUT2D eigenvalue weighted by Gasteiger charge is -2.16. The second-order valence-electron chi connectivity index (χ2n) is 8.33. The highest BCUT2D eigenvalue weighted by molar-refractivity contribution is 6.31. The first-order valence-electron chi connectivity index (χ1n) is 11.6. The molecule has 0 spiro atoms. The van der Waals surface area contributed by atoms with Gasteiger partial charge in [0.25, 0.3) is 17.7 Å². The van der Waals surface area contributed by atoms with Crippen molar-refractivity contribution in [3.8, 4) is 11.5 Å². The molecule has 1 saturated heterocycles. The summed E-state index contributed by atoms with van der Waals surface area (Å²) in [5.74, 6) is -0.542. The van der Waals surface area contributed by atoms with Crippen LogP contribution in [0.25, 0.3) is 6.08 Å². The van der Waals surface area contributed by atoms with E-state index in [2.05, 4.69) is 17.3 Å². The Balaban J connectivity index is 1.58. The van der Waals surface area contributed by atoms with Gasteiger partial charge in [0.05, 0.1) is 12.8 Å². The van der Waals surface area contributed by atoms with Gasteiger partial charge >= 0.3 is 0 Å². The largest absolute Gasteiger partial charge is 0.493 e. The van der Waals surface area contributed by atoms with Crippen molar-refractivity contribution in [1.29, 1.82) is 0 Å². The number of anilines is 2. The fourth-order valence-electron chi connectivity index (χ4n) is 3.91. The molecule has 3 amide bonds. The van der Waals surface area contributed by atoms with Crippen LogP contribution in [0.2, 0.25) is 0 Å². The monoisotopic (exact) mass is 497 g/mol. The van der Waals surface area contributed by atoms with Gasteiger partial charge in [0.1, 0.15) is 5.57 Å². The van der Waals surface area contributed by atoms with Crippen molar-refractivity contribution >= 4 is 35.2 Å². The molecule has 0 radical (unpaired) electrons. The Morgan fingerprint density at radius 1 is 1.08 bits per heavy atom. The van der Waals surface area contributed by atoms with Gasteiger partial charge in [-0.25, -0.2) is 5.01 Å². The zero-order valence-electron chi connectivity index (χ0n) is 20.6. The fourth-order valence-corrected chi connectivity index (χ4v) is 3.91. The van der Waals surface area contributed by atoms with E-state index in [1.807, 2.05) is 37.3 Å². The van der Waals surface area contributed by atoms with Crippen molar-refractivity contribution in [2.24, 2.45) is 0 Å². The minimum atomic E-state index is -0.508. The molecule has 8 nitrogen and oxygen atoms in total. The summed E-state index contributed by atoms with van der Waals surface area (Å²) in [7, 11) is 1.48. The second-order valence-corrected chi connectivity index (χ2v) is 8.33. The van der Waals surface area contributed by atoms with Crippen LogP contribution in [-0.2, 0) is 20.8 Å². The number of ether oxygens (including phenoxy) is 2. The highest BCUT2D eigenvalue weighted by atomic mass is 16.5. The van der Waals surface area contributed by atoms with Gasteiger partial charge in [0.15, 0.2) is 18.1 Å². The lowest BCUT2D eigenvalue weighted by Crippen LogP contribution is -2.35. The molecular formula is C29H27N3O5. The van der Waals surface area contributed by atoms with Crippen molar-refractivity contribution in [3.63, 3.8) is 0 Å². The Bertz CT molecular complexity index is 1380. The predicted molar refractivity (Wildman–Crippen MR) is 142 cm³/mol. The van der Waals surface area contributed by atoms with Crippen molar-refractivity contribution in [3.05, 3.63) is 102 Å². The van der Waals surface area contributed by atoms with E-state index in [1.54, 1.807) is 42.5 Å². The molecular weight excluding hydrogens is 470 g/mol. The van der Waals surface area contributed by atoms with Gasteiger partial charge in [-0.3, -0.25) is 19.8 Å². The van der Waals surface area contributed by atoms with E-state index in [0.29, 0.717) is 40.4 Å². The molecule has 8 heteroatoms. The van der Waals surface area contributed by atoms with Gasteiger partial charge in [-0.1, -0.05) is 42.5 Å². The number of carbonyl (C=O) groups excluding carboxylic acids is 3. The summed E-state index contributed by atoms with van der Waals surface area (Å²) in [5.41, 5.74) is 6.04. The van der Waals surface area contributed by atoms with E-state index in [1.165, 1.54) is 18.2 Å². The van der Waals surface area contributed by atoms with Gasteiger partial charge < -0.3 is 14.8 Å². The van der Waals surface area contributed by atoms with Gasteiger partial charge in [-0.05, 0) is 60.9 Å². The Kier molecular flexibility index (Phi) is 7.68. The maximum absolute atomic E-state index is 13.0.